The fourth-order valence-corrected chi connectivity index (χ4v) is 4.66. The third-order valence-corrected chi connectivity index (χ3v) is 6.25. The Morgan fingerprint density at radius 3 is 2.45 bits per heavy atom. The highest BCUT2D eigenvalue weighted by Gasteiger charge is 2.34. The summed E-state index contributed by atoms with van der Waals surface area (Å²) < 4.78 is 15.0. The quantitative estimate of drug-likeness (QED) is 0.675. The van der Waals surface area contributed by atoms with E-state index in [1.165, 1.54) is 23.9 Å². The van der Waals surface area contributed by atoms with E-state index in [9.17, 15) is 14.0 Å². The van der Waals surface area contributed by atoms with Gasteiger partial charge in [-0.3, -0.25) is 4.79 Å². The number of fused-ring (bicyclic) bond motifs is 1. The molecule has 0 fully saturated rings. The average Bonchev–Trinajstić information content (AvgIpc) is 2.94. The van der Waals surface area contributed by atoms with Crippen LogP contribution in [0.3, 0.4) is 0 Å². The number of hydrogen-bond acceptors (Lipinski definition) is 4. The van der Waals surface area contributed by atoms with Crippen LogP contribution in [0.5, 0.6) is 0 Å². The molecule has 0 saturated carbocycles. The molecule has 6 nitrogen and oxygen atoms in total. The van der Waals surface area contributed by atoms with Crippen molar-refractivity contribution in [1.82, 2.24) is 9.78 Å². The number of halogens is 1. The number of nitrogens with zero attached hydrogens (tertiary/aromatic N) is 2. The van der Waals surface area contributed by atoms with E-state index < -0.39 is 5.97 Å². The van der Waals surface area contributed by atoms with Crippen LogP contribution in [0.1, 0.15) is 39.4 Å². The number of carbonyl (C=O) groups excluding carboxylic acids is 1. The minimum Gasteiger partial charge on any atom is -0.478 e. The van der Waals surface area contributed by atoms with Crippen LogP contribution in [0.2, 0.25) is 0 Å². The summed E-state index contributed by atoms with van der Waals surface area (Å²) in [6, 6.07) is 12.5. The Kier molecular flexibility index (Phi) is 4.87. The number of aryl methyl sites for hydroxylation is 1. The first-order valence-corrected chi connectivity index (χ1v) is 9.94. The highest BCUT2D eigenvalue weighted by atomic mass is 32.2. The van der Waals surface area contributed by atoms with Crippen molar-refractivity contribution < 1.29 is 19.1 Å². The minimum atomic E-state index is -0.990. The zero-order chi connectivity index (χ0) is 20.7. The first-order chi connectivity index (χ1) is 13.8. The molecule has 2 heterocycles. The zero-order valence-corrected chi connectivity index (χ0v) is 16.5. The molecule has 8 heteroatoms. The number of aromatic nitrogens is 2. The van der Waals surface area contributed by atoms with Crippen LogP contribution in [0.4, 0.5) is 10.2 Å². The van der Waals surface area contributed by atoms with E-state index in [0.29, 0.717) is 11.5 Å². The van der Waals surface area contributed by atoms with Gasteiger partial charge in [-0.1, -0.05) is 12.1 Å². The standard InChI is InChI=1S/C21H18FN3O3S/c1-11-17-18(13-3-5-14(6-4-13)21(27)28)29-12(2)20(26)23-19(17)25(24-11)16-9-7-15(22)8-10-16/h3-10,12,18H,1-2H3,(H,23,26)(H,27,28)/t12-,18+/m0/s1. The Labute approximate surface area is 170 Å². The topological polar surface area (TPSA) is 84.2 Å². The van der Waals surface area contributed by atoms with Crippen molar-refractivity contribution in [1.29, 1.82) is 0 Å². The van der Waals surface area contributed by atoms with Gasteiger partial charge in [-0.25, -0.2) is 13.9 Å². The molecule has 0 aliphatic carbocycles. The van der Waals surface area contributed by atoms with E-state index in [1.54, 1.807) is 41.1 Å². The van der Waals surface area contributed by atoms with E-state index >= 15 is 0 Å². The number of amides is 1. The van der Waals surface area contributed by atoms with E-state index in [4.69, 9.17) is 5.11 Å². The predicted octanol–water partition coefficient (Wildman–Crippen LogP) is 4.18. The molecule has 0 unspecified atom stereocenters. The van der Waals surface area contributed by atoms with E-state index in [1.807, 2.05) is 13.8 Å². The summed E-state index contributed by atoms with van der Waals surface area (Å²) >= 11 is 1.48. The Morgan fingerprint density at radius 2 is 1.83 bits per heavy atom. The summed E-state index contributed by atoms with van der Waals surface area (Å²) in [5.74, 6) is -0.947. The monoisotopic (exact) mass is 411 g/mol. The molecule has 29 heavy (non-hydrogen) atoms. The number of aromatic carboxylic acids is 1. The molecule has 4 rings (SSSR count). The number of carboxylic acids is 1. The molecule has 0 bridgehead atoms. The van der Waals surface area contributed by atoms with Crippen LogP contribution in [-0.4, -0.2) is 32.0 Å². The summed E-state index contributed by atoms with van der Waals surface area (Å²) in [4.78, 5) is 23.8. The number of carbonyl (C=O) groups is 2. The number of anilines is 1. The van der Waals surface area contributed by atoms with Crippen LogP contribution in [0.15, 0.2) is 48.5 Å². The lowest BCUT2D eigenvalue weighted by Crippen LogP contribution is -2.22. The Morgan fingerprint density at radius 1 is 1.17 bits per heavy atom. The highest BCUT2D eigenvalue weighted by molar-refractivity contribution is 8.01. The van der Waals surface area contributed by atoms with Gasteiger partial charge in [-0.2, -0.15) is 5.10 Å². The summed E-state index contributed by atoms with van der Waals surface area (Å²) in [5.41, 5.74) is 3.30. The van der Waals surface area contributed by atoms with Crippen molar-refractivity contribution in [2.75, 3.05) is 5.32 Å². The number of hydrogen-bond donors (Lipinski definition) is 2. The van der Waals surface area contributed by atoms with Gasteiger partial charge in [0.15, 0.2) is 0 Å². The summed E-state index contributed by atoms with van der Waals surface area (Å²) in [6.45, 7) is 3.69. The lowest BCUT2D eigenvalue weighted by atomic mass is 10.0. The maximum Gasteiger partial charge on any atom is 0.335 e. The summed E-state index contributed by atoms with van der Waals surface area (Å²) in [5, 5.41) is 16.2. The number of benzene rings is 2. The van der Waals surface area contributed by atoms with E-state index in [-0.39, 0.29) is 27.8 Å². The van der Waals surface area contributed by atoms with Gasteiger partial charge in [-0.05, 0) is 55.8 Å². The van der Waals surface area contributed by atoms with Crippen molar-refractivity contribution in [3.8, 4) is 5.69 Å². The Hall–Kier alpha value is -3.13. The highest BCUT2D eigenvalue weighted by Crippen LogP contribution is 2.46. The van der Waals surface area contributed by atoms with Gasteiger partial charge in [0.05, 0.1) is 27.4 Å². The maximum absolute atomic E-state index is 13.4. The molecule has 3 aromatic rings. The number of nitrogens with one attached hydrogen (secondary N) is 1. The molecule has 0 spiro atoms. The summed E-state index contributed by atoms with van der Waals surface area (Å²) in [6.07, 6.45) is 0. The van der Waals surface area contributed by atoms with Gasteiger partial charge < -0.3 is 10.4 Å². The zero-order valence-electron chi connectivity index (χ0n) is 15.7. The average molecular weight is 411 g/mol. The third-order valence-electron chi connectivity index (χ3n) is 4.85. The van der Waals surface area contributed by atoms with Gasteiger partial charge >= 0.3 is 5.97 Å². The molecule has 2 N–H and O–H groups in total. The number of rotatable bonds is 3. The lowest BCUT2D eigenvalue weighted by Gasteiger charge is -2.17. The molecule has 2 atom stereocenters. The molecule has 1 aliphatic heterocycles. The second kappa shape index (κ2) is 7.36. The van der Waals surface area contributed by atoms with Gasteiger partial charge in [0.2, 0.25) is 5.91 Å². The second-order valence-electron chi connectivity index (χ2n) is 6.81. The molecule has 1 aromatic heterocycles. The minimum absolute atomic E-state index is 0.149. The van der Waals surface area contributed by atoms with Gasteiger partial charge in [0, 0.05) is 5.56 Å². The first kappa shape index (κ1) is 19.2. The lowest BCUT2D eigenvalue weighted by molar-refractivity contribution is -0.115. The van der Waals surface area contributed by atoms with E-state index in [0.717, 1.165) is 16.8 Å². The van der Waals surface area contributed by atoms with Crippen molar-refractivity contribution in [3.05, 3.63) is 76.7 Å². The van der Waals surface area contributed by atoms with Crippen LogP contribution in [0.25, 0.3) is 5.69 Å². The Bertz CT molecular complexity index is 1090. The molecule has 148 valence electrons. The van der Waals surface area contributed by atoms with Gasteiger partial charge in [0.25, 0.3) is 0 Å². The summed E-state index contributed by atoms with van der Waals surface area (Å²) in [7, 11) is 0. The molecular weight excluding hydrogens is 393 g/mol. The fourth-order valence-electron chi connectivity index (χ4n) is 3.34. The molecule has 2 aromatic carbocycles. The SMILES string of the molecule is Cc1nn(-c2ccc(F)cc2)c2c1[C@@H](c1ccc(C(=O)O)cc1)S[C@@H](C)C(=O)N2. The molecule has 1 aliphatic rings. The second-order valence-corrected chi connectivity index (χ2v) is 8.26. The predicted molar refractivity (Wildman–Crippen MR) is 109 cm³/mol. The smallest absolute Gasteiger partial charge is 0.335 e. The van der Waals surface area contributed by atoms with Gasteiger partial charge in [-0.15, -0.1) is 11.8 Å². The van der Waals surface area contributed by atoms with Crippen LogP contribution in [0, 0.1) is 12.7 Å². The molecule has 0 radical (unpaired) electrons. The Balaban J connectivity index is 1.86. The third kappa shape index (κ3) is 3.51. The van der Waals surface area contributed by atoms with Gasteiger partial charge in [0.1, 0.15) is 11.6 Å². The first-order valence-electron chi connectivity index (χ1n) is 9.00. The van der Waals surface area contributed by atoms with Crippen LogP contribution < -0.4 is 5.32 Å². The molecule has 1 amide bonds. The number of carboxylic acid groups (broad SMARTS) is 1. The van der Waals surface area contributed by atoms with Crippen molar-refractivity contribution in [2.24, 2.45) is 0 Å². The normalized spacial score (nSPS) is 18.7. The maximum atomic E-state index is 13.4. The molecule has 0 saturated heterocycles. The largest absolute Gasteiger partial charge is 0.478 e. The number of thioether (sulfide) groups is 1. The van der Waals surface area contributed by atoms with Crippen molar-refractivity contribution in [3.63, 3.8) is 0 Å². The van der Waals surface area contributed by atoms with Crippen LogP contribution in [-0.2, 0) is 4.79 Å². The van der Waals surface area contributed by atoms with Crippen LogP contribution >= 0.6 is 11.8 Å². The van der Waals surface area contributed by atoms with Crippen molar-refractivity contribution in [2.45, 2.75) is 24.3 Å². The fraction of sp³-hybridized carbons (Fsp3) is 0.190. The molecular formula is C21H18FN3O3S. The van der Waals surface area contributed by atoms with Crippen molar-refractivity contribution >= 4 is 29.5 Å². The van der Waals surface area contributed by atoms with E-state index in [2.05, 4.69) is 10.4 Å².